The molecule has 2 rings (SSSR count). The van der Waals surface area contributed by atoms with E-state index in [9.17, 15) is 0 Å². The van der Waals surface area contributed by atoms with Crippen LogP contribution in [0.4, 0.5) is 0 Å². The Balaban J connectivity index is 2.27. The first-order valence-electron chi connectivity index (χ1n) is 7.06. The van der Waals surface area contributed by atoms with Crippen LogP contribution in [0.3, 0.4) is 0 Å². The molecule has 4 heteroatoms. The van der Waals surface area contributed by atoms with Gasteiger partial charge < -0.3 is 5.32 Å². The second kappa shape index (κ2) is 6.02. The van der Waals surface area contributed by atoms with Crippen LogP contribution in [0.25, 0.3) is 10.7 Å². The molecule has 108 valence electrons. The maximum atomic E-state index is 4.71. The second-order valence-electron chi connectivity index (χ2n) is 6.00. The molecule has 0 saturated carbocycles. The SMILES string of the molecule is CCc1cccnc1-c1nc(C)c(CNC(C)(C)C)s1. The van der Waals surface area contributed by atoms with Crippen molar-refractivity contribution in [2.24, 2.45) is 0 Å². The highest BCUT2D eigenvalue weighted by atomic mass is 32.1. The van der Waals surface area contributed by atoms with Crippen LogP contribution in [0.2, 0.25) is 0 Å². The zero-order valence-corrected chi connectivity index (χ0v) is 13.8. The van der Waals surface area contributed by atoms with Crippen LogP contribution in [0.15, 0.2) is 18.3 Å². The minimum atomic E-state index is 0.121. The van der Waals surface area contributed by atoms with Crippen molar-refractivity contribution in [3.63, 3.8) is 0 Å². The lowest BCUT2D eigenvalue weighted by Gasteiger charge is -2.19. The van der Waals surface area contributed by atoms with Gasteiger partial charge in [0.2, 0.25) is 0 Å². The normalized spacial score (nSPS) is 11.8. The zero-order valence-electron chi connectivity index (χ0n) is 12.9. The second-order valence-corrected chi connectivity index (χ2v) is 7.08. The molecule has 0 atom stereocenters. The Labute approximate surface area is 125 Å². The minimum Gasteiger partial charge on any atom is -0.307 e. The van der Waals surface area contributed by atoms with Crippen molar-refractivity contribution >= 4 is 11.3 Å². The van der Waals surface area contributed by atoms with Gasteiger partial charge in [0.05, 0.1) is 5.69 Å². The van der Waals surface area contributed by atoms with Gasteiger partial charge in [0, 0.05) is 23.2 Å². The fourth-order valence-corrected chi connectivity index (χ4v) is 2.99. The molecule has 0 saturated heterocycles. The van der Waals surface area contributed by atoms with Crippen LogP contribution < -0.4 is 5.32 Å². The van der Waals surface area contributed by atoms with Crippen molar-refractivity contribution in [2.75, 3.05) is 0 Å². The highest BCUT2D eigenvalue weighted by Crippen LogP contribution is 2.29. The van der Waals surface area contributed by atoms with E-state index in [1.165, 1.54) is 10.4 Å². The van der Waals surface area contributed by atoms with Crippen LogP contribution in [-0.4, -0.2) is 15.5 Å². The summed E-state index contributed by atoms with van der Waals surface area (Å²) in [6, 6.07) is 4.12. The summed E-state index contributed by atoms with van der Waals surface area (Å²) in [5.41, 5.74) is 3.52. The lowest BCUT2D eigenvalue weighted by atomic mass is 10.1. The molecule has 0 radical (unpaired) electrons. The predicted molar refractivity (Wildman–Crippen MR) is 86.1 cm³/mol. The van der Waals surface area contributed by atoms with Gasteiger partial charge in [-0.15, -0.1) is 11.3 Å². The molecule has 0 aromatic carbocycles. The van der Waals surface area contributed by atoms with E-state index in [0.29, 0.717) is 0 Å². The molecule has 0 fully saturated rings. The first-order chi connectivity index (χ1) is 9.40. The van der Waals surface area contributed by atoms with Gasteiger partial charge in [-0.3, -0.25) is 4.98 Å². The molecule has 2 heterocycles. The van der Waals surface area contributed by atoms with Gasteiger partial charge in [-0.25, -0.2) is 4.98 Å². The summed E-state index contributed by atoms with van der Waals surface area (Å²) in [4.78, 5) is 10.5. The highest BCUT2D eigenvalue weighted by Gasteiger charge is 2.15. The van der Waals surface area contributed by atoms with E-state index in [0.717, 1.165) is 29.4 Å². The maximum absolute atomic E-state index is 4.71. The standard InChI is InChI=1S/C16H23N3S/c1-6-12-8-7-9-17-14(12)15-19-11(2)13(20-15)10-18-16(3,4)5/h7-9,18H,6,10H2,1-5H3. The number of aromatic nitrogens is 2. The summed E-state index contributed by atoms with van der Waals surface area (Å²) in [5.74, 6) is 0. The molecular weight excluding hydrogens is 266 g/mol. The maximum Gasteiger partial charge on any atom is 0.142 e. The number of aryl methyl sites for hydroxylation is 2. The van der Waals surface area contributed by atoms with Gasteiger partial charge in [0.1, 0.15) is 10.7 Å². The third-order valence-corrected chi connectivity index (χ3v) is 4.31. The monoisotopic (exact) mass is 289 g/mol. The molecule has 2 aromatic rings. The van der Waals surface area contributed by atoms with Crippen molar-refractivity contribution < 1.29 is 0 Å². The van der Waals surface area contributed by atoms with Gasteiger partial charge in [-0.1, -0.05) is 13.0 Å². The molecule has 3 nitrogen and oxygen atoms in total. The van der Waals surface area contributed by atoms with Gasteiger partial charge in [0.25, 0.3) is 0 Å². The molecule has 0 aliphatic heterocycles. The van der Waals surface area contributed by atoms with Gasteiger partial charge >= 0.3 is 0 Å². The Morgan fingerprint density at radius 1 is 1.30 bits per heavy atom. The van der Waals surface area contributed by atoms with E-state index < -0.39 is 0 Å². The predicted octanol–water partition coefficient (Wildman–Crippen LogP) is 3.96. The molecule has 1 N–H and O–H groups in total. The van der Waals surface area contributed by atoms with Crippen molar-refractivity contribution in [1.29, 1.82) is 0 Å². The van der Waals surface area contributed by atoms with Crippen molar-refractivity contribution in [1.82, 2.24) is 15.3 Å². The number of pyridine rings is 1. The van der Waals surface area contributed by atoms with E-state index >= 15 is 0 Å². The third kappa shape index (κ3) is 3.64. The fourth-order valence-electron chi connectivity index (χ4n) is 1.96. The summed E-state index contributed by atoms with van der Waals surface area (Å²) in [7, 11) is 0. The first kappa shape index (κ1) is 15.1. The first-order valence-corrected chi connectivity index (χ1v) is 7.88. The van der Waals surface area contributed by atoms with Crippen LogP contribution in [0.5, 0.6) is 0 Å². The molecule has 0 amide bonds. The molecule has 0 aliphatic rings. The zero-order chi connectivity index (χ0) is 14.8. The molecule has 0 unspecified atom stereocenters. The fraction of sp³-hybridized carbons (Fsp3) is 0.500. The molecule has 0 aliphatic carbocycles. The lowest BCUT2D eigenvalue weighted by Crippen LogP contribution is -2.34. The number of hydrogen-bond donors (Lipinski definition) is 1. The molecule has 20 heavy (non-hydrogen) atoms. The van der Waals surface area contributed by atoms with Crippen LogP contribution in [-0.2, 0) is 13.0 Å². The van der Waals surface area contributed by atoms with Gasteiger partial charge in [0.15, 0.2) is 0 Å². The van der Waals surface area contributed by atoms with E-state index in [1.807, 2.05) is 12.3 Å². The van der Waals surface area contributed by atoms with Crippen molar-refractivity contribution in [3.05, 3.63) is 34.5 Å². The van der Waals surface area contributed by atoms with Crippen LogP contribution in [0.1, 0.15) is 43.8 Å². The number of nitrogens with zero attached hydrogens (tertiary/aromatic N) is 2. The molecule has 0 bridgehead atoms. The van der Waals surface area contributed by atoms with Crippen molar-refractivity contribution in [2.45, 2.75) is 53.1 Å². The average molecular weight is 289 g/mol. The van der Waals surface area contributed by atoms with Gasteiger partial charge in [-0.05, 0) is 45.7 Å². The number of rotatable bonds is 4. The Bertz CT molecular complexity index is 582. The summed E-state index contributed by atoms with van der Waals surface area (Å²) >= 11 is 1.75. The summed E-state index contributed by atoms with van der Waals surface area (Å²) in [6.45, 7) is 11.6. The largest absolute Gasteiger partial charge is 0.307 e. The third-order valence-electron chi connectivity index (χ3n) is 3.15. The number of nitrogens with one attached hydrogen (secondary N) is 1. The molecule has 0 spiro atoms. The van der Waals surface area contributed by atoms with E-state index in [4.69, 9.17) is 4.98 Å². The quantitative estimate of drug-likeness (QED) is 0.925. The van der Waals surface area contributed by atoms with Crippen LogP contribution in [0, 0.1) is 6.92 Å². The smallest absolute Gasteiger partial charge is 0.142 e. The molecular formula is C16H23N3S. The Hall–Kier alpha value is -1.26. The van der Waals surface area contributed by atoms with E-state index in [2.05, 4.69) is 51.0 Å². The Morgan fingerprint density at radius 3 is 2.70 bits per heavy atom. The van der Waals surface area contributed by atoms with Gasteiger partial charge in [-0.2, -0.15) is 0 Å². The summed E-state index contributed by atoms with van der Waals surface area (Å²) in [5, 5.41) is 4.56. The van der Waals surface area contributed by atoms with Crippen LogP contribution >= 0.6 is 11.3 Å². The van der Waals surface area contributed by atoms with E-state index in [1.54, 1.807) is 11.3 Å². The summed E-state index contributed by atoms with van der Waals surface area (Å²) in [6.07, 6.45) is 2.83. The van der Waals surface area contributed by atoms with Crippen molar-refractivity contribution in [3.8, 4) is 10.7 Å². The highest BCUT2D eigenvalue weighted by molar-refractivity contribution is 7.15. The lowest BCUT2D eigenvalue weighted by molar-refractivity contribution is 0.425. The Kier molecular flexibility index (Phi) is 4.55. The van der Waals surface area contributed by atoms with E-state index in [-0.39, 0.29) is 5.54 Å². The average Bonchev–Trinajstić information content (AvgIpc) is 2.77. The number of thiazole rings is 1. The molecule has 2 aromatic heterocycles. The number of hydrogen-bond acceptors (Lipinski definition) is 4. The topological polar surface area (TPSA) is 37.8 Å². The Morgan fingerprint density at radius 2 is 2.05 bits per heavy atom. The minimum absolute atomic E-state index is 0.121. The summed E-state index contributed by atoms with van der Waals surface area (Å²) < 4.78 is 0.